The number of halogens is 1. The summed E-state index contributed by atoms with van der Waals surface area (Å²) in [5.74, 6) is 2.25. The highest BCUT2D eigenvalue weighted by molar-refractivity contribution is 6.31. The van der Waals surface area contributed by atoms with Gasteiger partial charge in [-0.25, -0.2) is 0 Å². The highest BCUT2D eigenvalue weighted by Crippen LogP contribution is 2.37. The molecule has 6 nitrogen and oxygen atoms in total. The summed E-state index contributed by atoms with van der Waals surface area (Å²) < 4.78 is 17.1. The maximum absolute atomic E-state index is 12.6. The number of aromatic nitrogens is 1. The third-order valence-electron chi connectivity index (χ3n) is 5.59. The van der Waals surface area contributed by atoms with Crippen LogP contribution in [0.2, 0.25) is 5.02 Å². The van der Waals surface area contributed by atoms with Crippen molar-refractivity contribution < 1.29 is 19.0 Å². The van der Waals surface area contributed by atoms with Gasteiger partial charge in [0, 0.05) is 33.9 Å². The smallest absolute Gasteiger partial charge is 0.255 e. The second kappa shape index (κ2) is 9.52. The first kappa shape index (κ1) is 22.5. The molecule has 0 unspecified atom stereocenters. The van der Waals surface area contributed by atoms with Crippen molar-refractivity contribution in [3.63, 3.8) is 0 Å². The van der Waals surface area contributed by atoms with Gasteiger partial charge in [0.15, 0.2) is 11.5 Å². The minimum atomic E-state index is -0.230. The molecule has 0 saturated carbocycles. The van der Waals surface area contributed by atoms with Gasteiger partial charge in [0.05, 0.1) is 19.7 Å². The van der Waals surface area contributed by atoms with Gasteiger partial charge in [-0.05, 0) is 65.4 Å². The Balaban J connectivity index is 1.44. The number of nitrogens with zero attached hydrogens (tertiary/aromatic N) is 1. The summed E-state index contributed by atoms with van der Waals surface area (Å²) >= 11 is 6.01. The van der Waals surface area contributed by atoms with Crippen LogP contribution in [0.3, 0.4) is 0 Å². The molecule has 0 fully saturated rings. The van der Waals surface area contributed by atoms with Gasteiger partial charge in [-0.1, -0.05) is 29.8 Å². The van der Waals surface area contributed by atoms with Gasteiger partial charge in [0.2, 0.25) is 0 Å². The van der Waals surface area contributed by atoms with Gasteiger partial charge < -0.3 is 19.5 Å². The quantitative estimate of drug-likeness (QED) is 0.278. The summed E-state index contributed by atoms with van der Waals surface area (Å²) in [4.78, 5) is 17.0. The van der Waals surface area contributed by atoms with Crippen LogP contribution in [-0.2, 0) is 0 Å². The van der Waals surface area contributed by atoms with Gasteiger partial charge >= 0.3 is 0 Å². The molecular formula is C28H21ClN2O4. The number of carbonyl (C=O) groups is 1. The van der Waals surface area contributed by atoms with Crippen LogP contribution in [0.4, 0.5) is 5.69 Å². The largest absolute Gasteiger partial charge is 0.493 e. The number of anilines is 1. The van der Waals surface area contributed by atoms with E-state index in [0.29, 0.717) is 39.3 Å². The molecule has 1 amide bonds. The number of fused-ring (bicyclic) bond motifs is 2. The summed E-state index contributed by atoms with van der Waals surface area (Å²) in [6.45, 7) is 0. The van der Waals surface area contributed by atoms with Crippen molar-refractivity contribution in [1.82, 2.24) is 4.98 Å². The normalized spacial score (nSPS) is 10.8. The zero-order valence-electron chi connectivity index (χ0n) is 19.0. The fraction of sp³-hybridized carbons (Fsp3) is 0.0714. The first-order valence-electron chi connectivity index (χ1n) is 10.8. The molecule has 0 aliphatic heterocycles. The summed E-state index contributed by atoms with van der Waals surface area (Å²) in [7, 11) is 3.18. The number of hydrogen-bond acceptors (Lipinski definition) is 5. The number of benzene rings is 4. The molecule has 0 aliphatic carbocycles. The van der Waals surface area contributed by atoms with Crippen molar-refractivity contribution >= 4 is 44.9 Å². The van der Waals surface area contributed by atoms with Crippen molar-refractivity contribution in [1.29, 1.82) is 0 Å². The molecule has 5 rings (SSSR count). The number of carbonyl (C=O) groups excluding carboxylic acids is 1. The number of rotatable bonds is 6. The molecule has 1 aromatic heterocycles. The first-order chi connectivity index (χ1) is 17.0. The molecule has 0 spiro atoms. The van der Waals surface area contributed by atoms with Crippen LogP contribution in [0.1, 0.15) is 10.4 Å². The average Bonchev–Trinajstić information content (AvgIpc) is 2.88. The highest BCUT2D eigenvalue weighted by Gasteiger charge is 2.12. The molecule has 0 bridgehead atoms. The van der Waals surface area contributed by atoms with Crippen LogP contribution in [0.25, 0.3) is 21.7 Å². The van der Waals surface area contributed by atoms with E-state index in [1.54, 1.807) is 50.7 Å². The van der Waals surface area contributed by atoms with Crippen LogP contribution in [0.15, 0.2) is 85.1 Å². The average molecular weight is 485 g/mol. The van der Waals surface area contributed by atoms with E-state index >= 15 is 0 Å². The number of hydrogen-bond donors (Lipinski definition) is 1. The van der Waals surface area contributed by atoms with Crippen LogP contribution in [0.5, 0.6) is 23.0 Å². The summed E-state index contributed by atoms with van der Waals surface area (Å²) in [6, 6.07) is 23.8. The number of methoxy groups -OCH3 is 2. The van der Waals surface area contributed by atoms with Crippen molar-refractivity contribution in [2.24, 2.45) is 0 Å². The zero-order valence-corrected chi connectivity index (χ0v) is 19.8. The molecule has 7 heteroatoms. The lowest BCUT2D eigenvalue weighted by Crippen LogP contribution is -2.11. The molecule has 1 N–H and O–H groups in total. The van der Waals surface area contributed by atoms with E-state index in [0.717, 1.165) is 21.7 Å². The Hall–Kier alpha value is -4.29. The molecule has 0 radical (unpaired) electrons. The van der Waals surface area contributed by atoms with Gasteiger partial charge in [-0.2, -0.15) is 0 Å². The van der Waals surface area contributed by atoms with E-state index in [1.165, 1.54) is 0 Å². The van der Waals surface area contributed by atoms with Crippen molar-refractivity contribution in [3.05, 3.63) is 95.6 Å². The van der Waals surface area contributed by atoms with Crippen LogP contribution in [-0.4, -0.2) is 25.1 Å². The third-order valence-corrected chi connectivity index (χ3v) is 5.83. The van der Waals surface area contributed by atoms with E-state index in [2.05, 4.69) is 10.3 Å². The second-order valence-corrected chi connectivity index (χ2v) is 8.26. The van der Waals surface area contributed by atoms with E-state index in [4.69, 9.17) is 25.8 Å². The lowest BCUT2D eigenvalue weighted by molar-refractivity contribution is 0.102. The molecule has 0 saturated heterocycles. The maximum atomic E-state index is 12.6. The van der Waals surface area contributed by atoms with Crippen LogP contribution < -0.4 is 19.5 Å². The van der Waals surface area contributed by atoms with Crippen LogP contribution in [0, 0.1) is 0 Å². The standard InChI is InChI=1S/C28H21ClN2O4/c1-33-26-15-23-24(16-27(26)34-2)30-11-10-25(23)35-22-9-7-17-6-8-21(13-19(17)14-22)31-28(32)18-4-3-5-20(29)12-18/h3-16H,1-2H3,(H,31,32). The van der Waals surface area contributed by atoms with Gasteiger partial charge in [0.1, 0.15) is 11.5 Å². The Bertz CT molecular complexity index is 1570. The van der Waals surface area contributed by atoms with E-state index in [-0.39, 0.29) is 5.91 Å². The molecular weight excluding hydrogens is 464 g/mol. The minimum Gasteiger partial charge on any atom is -0.493 e. The first-order valence-corrected chi connectivity index (χ1v) is 11.2. The Kier molecular flexibility index (Phi) is 6.12. The molecule has 5 aromatic rings. The number of nitrogens with one attached hydrogen (secondary N) is 1. The van der Waals surface area contributed by atoms with Gasteiger partial charge in [0.25, 0.3) is 5.91 Å². The monoisotopic (exact) mass is 484 g/mol. The molecule has 0 aliphatic rings. The number of pyridine rings is 1. The number of ether oxygens (including phenoxy) is 3. The topological polar surface area (TPSA) is 69.7 Å². The van der Waals surface area contributed by atoms with Gasteiger partial charge in [-0.3, -0.25) is 9.78 Å². The summed E-state index contributed by atoms with van der Waals surface area (Å²) in [5.41, 5.74) is 1.89. The molecule has 35 heavy (non-hydrogen) atoms. The Labute approximate surface area is 207 Å². The van der Waals surface area contributed by atoms with Gasteiger partial charge in [-0.15, -0.1) is 0 Å². The molecule has 174 valence electrons. The van der Waals surface area contributed by atoms with Crippen molar-refractivity contribution in [3.8, 4) is 23.0 Å². The zero-order chi connectivity index (χ0) is 24.4. The maximum Gasteiger partial charge on any atom is 0.255 e. The van der Waals surface area contributed by atoms with E-state index < -0.39 is 0 Å². The lowest BCUT2D eigenvalue weighted by atomic mass is 10.1. The molecule has 4 aromatic carbocycles. The summed E-state index contributed by atoms with van der Waals surface area (Å²) in [5, 5.41) is 6.17. The predicted molar refractivity (Wildman–Crippen MR) is 138 cm³/mol. The Morgan fingerprint density at radius 2 is 1.63 bits per heavy atom. The second-order valence-electron chi connectivity index (χ2n) is 7.82. The molecule has 0 atom stereocenters. The lowest BCUT2D eigenvalue weighted by Gasteiger charge is -2.13. The predicted octanol–water partition coefficient (Wildman–Crippen LogP) is 7.10. The van der Waals surface area contributed by atoms with E-state index in [1.807, 2.05) is 48.5 Å². The van der Waals surface area contributed by atoms with Crippen molar-refractivity contribution in [2.45, 2.75) is 0 Å². The Morgan fingerprint density at radius 1 is 0.829 bits per heavy atom. The van der Waals surface area contributed by atoms with Crippen LogP contribution >= 0.6 is 11.6 Å². The fourth-order valence-corrected chi connectivity index (χ4v) is 4.05. The highest BCUT2D eigenvalue weighted by atomic mass is 35.5. The number of amides is 1. The molecule has 1 heterocycles. The third kappa shape index (κ3) is 4.69. The SMILES string of the molecule is COc1cc2nccc(Oc3ccc4ccc(NC(=O)c5cccc(Cl)c5)cc4c3)c2cc1OC. The Morgan fingerprint density at radius 3 is 2.43 bits per heavy atom. The minimum absolute atomic E-state index is 0.230. The van der Waals surface area contributed by atoms with E-state index in [9.17, 15) is 4.79 Å². The summed E-state index contributed by atoms with van der Waals surface area (Å²) in [6.07, 6.45) is 1.69. The fourth-order valence-electron chi connectivity index (χ4n) is 3.86. The van der Waals surface area contributed by atoms with Crippen molar-refractivity contribution in [2.75, 3.05) is 19.5 Å².